The lowest BCUT2D eigenvalue weighted by Crippen LogP contribution is -2.43. The van der Waals surface area contributed by atoms with E-state index >= 15 is 0 Å². The Hall–Kier alpha value is -0.600. The van der Waals surface area contributed by atoms with Gasteiger partial charge in [0.25, 0.3) is 0 Å². The van der Waals surface area contributed by atoms with Gasteiger partial charge in [0.15, 0.2) is 0 Å². The number of rotatable bonds is 4. The van der Waals surface area contributed by atoms with Crippen molar-refractivity contribution < 1.29 is 10.2 Å². The molecule has 3 aliphatic rings. The van der Waals surface area contributed by atoms with Crippen LogP contribution in [0.25, 0.3) is 0 Å². The molecule has 2 N–H and O–H groups in total. The molecular formula is C21H34O2. The molecule has 0 unspecified atom stereocenters. The third-order valence-electron chi connectivity index (χ3n) is 7.09. The molecule has 0 heterocycles. The molecule has 0 aromatic heterocycles. The molecular weight excluding hydrogens is 284 g/mol. The monoisotopic (exact) mass is 318 g/mol. The van der Waals surface area contributed by atoms with Crippen molar-refractivity contribution in [2.45, 2.75) is 78.2 Å². The molecule has 2 nitrogen and oxygen atoms in total. The van der Waals surface area contributed by atoms with Crippen molar-refractivity contribution >= 4 is 0 Å². The largest absolute Gasteiger partial charge is 0.396 e. The van der Waals surface area contributed by atoms with Crippen molar-refractivity contribution in [1.29, 1.82) is 0 Å². The minimum atomic E-state index is -0.633. The van der Waals surface area contributed by atoms with Crippen molar-refractivity contribution in [3.8, 4) is 0 Å². The summed E-state index contributed by atoms with van der Waals surface area (Å²) in [5.41, 5.74) is 5.23. The number of aliphatic hydroxyl groups is 2. The van der Waals surface area contributed by atoms with E-state index in [1.54, 1.807) is 5.57 Å². The molecule has 0 amide bonds. The predicted octanol–water partition coefficient (Wildman–Crippen LogP) is 4.62. The van der Waals surface area contributed by atoms with Crippen LogP contribution in [0.1, 0.15) is 72.6 Å². The highest BCUT2D eigenvalue weighted by Gasteiger charge is 2.48. The van der Waals surface area contributed by atoms with Gasteiger partial charge >= 0.3 is 0 Å². The third kappa shape index (κ3) is 2.93. The summed E-state index contributed by atoms with van der Waals surface area (Å²) in [6, 6.07) is 0. The van der Waals surface area contributed by atoms with E-state index in [1.165, 1.54) is 29.6 Å². The second kappa shape index (κ2) is 6.37. The average molecular weight is 319 g/mol. The van der Waals surface area contributed by atoms with E-state index in [1.807, 2.05) is 0 Å². The quantitative estimate of drug-likeness (QED) is 0.743. The van der Waals surface area contributed by atoms with Crippen LogP contribution in [0.5, 0.6) is 0 Å². The van der Waals surface area contributed by atoms with E-state index < -0.39 is 5.60 Å². The highest BCUT2D eigenvalue weighted by Crippen LogP contribution is 2.54. The molecule has 1 saturated carbocycles. The number of fused-ring (bicyclic) bond motifs is 1. The van der Waals surface area contributed by atoms with Crippen LogP contribution in [0.3, 0.4) is 0 Å². The van der Waals surface area contributed by atoms with E-state index in [0.717, 1.165) is 32.1 Å². The van der Waals surface area contributed by atoms with Crippen LogP contribution in [-0.4, -0.2) is 22.4 Å². The molecule has 0 aromatic carbocycles. The molecule has 3 aliphatic carbocycles. The van der Waals surface area contributed by atoms with Crippen molar-refractivity contribution in [2.24, 2.45) is 23.7 Å². The number of aliphatic hydroxyl groups excluding tert-OH is 1. The number of allylic oxidation sites excluding steroid dienone is 2. The Morgan fingerprint density at radius 2 is 1.87 bits per heavy atom. The van der Waals surface area contributed by atoms with Crippen LogP contribution in [-0.2, 0) is 0 Å². The summed E-state index contributed by atoms with van der Waals surface area (Å²) in [5.74, 6) is 2.21. The Balaban J connectivity index is 1.92. The third-order valence-corrected chi connectivity index (χ3v) is 7.09. The average Bonchev–Trinajstić information content (AvgIpc) is 3.04. The summed E-state index contributed by atoms with van der Waals surface area (Å²) in [7, 11) is 0. The van der Waals surface area contributed by atoms with E-state index in [4.69, 9.17) is 0 Å². The van der Waals surface area contributed by atoms with Crippen molar-refractivity contribution in [1.82, 2.24) is 0 Å². The summed E-state index contributed by atoms with van der Waals surface area (Å²) in [4.78, 5) is 0. The fraction of sp³-hybridized carbons (Fsp3) is 0.810. The first kappa shape index (κ1) is 17.2. The molecule has 3 rings (SSSR count). The van der Waals surface area contributed by atoms with Gasteiger partial charge in [-0.1, -0.05) is 30.6 Å². The van der Waals surface area contributed by atoms with Crippen LogP contribution in [0, 0.1) is 23.7 Å². The van der Waals surface area contributed by atoms with Gasteiger partial charge in [-0.15, -0.1) is 0 Å². The Kier molecular flexibility index (Phi) is 4.77. The minimum Gasteiger partial charge on any atom is -0.396 e. The first-order chi connectivity index (χ1) is 10.9. The molecule has 0 spiro atoms. The van der Waals surface area contributed by atoms with Crippen LogP contribution in [0.15, 0.2) is 22.3 Å². The fourth-order valence-corrected chi connectivity index (χ4v) is 5.88. The molecule has 0 saturated heterocycles. The molecule has 130 valence electrons. The lowest BCUT2D eigenvalue weighted by atomic mass is 9.64. The van der Waals surface area contributed by atoms with Crippen LogP contribution < -0.4 is 0 Å². The van der Waals surface area contributed by atoms with E-state index in [2.05, 4.69) is 27.7 Å². The van der Waals surface area contributed by atoms with Crippen molar-refractivity contribution in [3.05, 3.63) is 22.3 Å². The van der Waals surface area contributed by atoms with Gasteiger partial charge in [-0.25, -0.2) is 0 Å². The minimum absolute atomic E-state index is 0.255. The summed E-state index contributed by atoms with van der Waals surface area (Å²) < 4.78 is 0. The lowest BCUT2D eigenvalue weighted by Gasteiger charge is -2.44. The van der Waals surface area contributed by atoms with Crippen LogP contribution >= 0.6 is 0 Å². The van der Waals surface area contributed by atoms with Gasteiger partial charge in [0.1, 0.15) is 0 Å². The molecule has 5 atom stereocenters. The summed E-state index contributed by atoms with van der Waals surface area (Å²) >= 11 is 0. The molecule has 0 aliphatic heterocycles. The Labute approximate surface area is 141 Å². The summed E-state index contributed by atoms with van der Waals surface area (Å²) in [5, 5.41) is 21.0. The van der Waals surface area contributed by atoms with Gasteiger partial charge in [0.2, 0.25) is 0 Å². The maximum Gasteiger partial charge on any atom is 0.0901 e. The predicted molar refractivity (Wildman–Crippen MR) is 95.1 cm³/mol. The first-order valence-electron chi connectivity index (χ1n) is 9.59. The lowest BCUT2D eigenvalue weighted by molar-refractivity contribution is 0.0133. The van der Waals surface area contributed by atoms with Crippen LogP contribution in [0.4, 0.5) is 0 Å². The van der Waals surface area contributed by atoms with Crippen molar-refractivity contribution in [2.75, 3.05) is 6.61 Å². The second-order valence-electron chi connectivity index (χ2n) is 8.67. The zero-order valence-corrected chi connectivity index (χ0v) is 15.4. The maximum atomic E-state index is 11.7. The van der Waals surface area contributed by atoms with Gasteiger partial charge in [-0.3, -0.25) is 0 Å². The van der Waals surface area contributed by atoms with Crippen LogP contribution in [0.2, 0.25) is 0 Å². The van der Waals surface area contributed by atoms with Gasteiger partial charge in [-0.2, -0.15) is 0 Å². The standard InChI is InChI=1S/C21H34O2/c1-13-5-7-17-16(4)11-21(23,12-19(13)17)20-15(3)6-8-18(20)14(2)9-10-22/h14,16-18,22-23H,5-12H2,1-4H3/t14-,16-,17-,18+,21-/m0/s1. The smallest absolute Gasteiger partial charge is 0.0901 e. The molecule has 2 heteroatoms. The van der Waals surface area contributed by atoms with Crippen molar-refractivity contribution in [3.63, 3.8) is 0 Å². The maximum absolute atomic E-state index is 11.7. The SMILES string of the molecule is CC1=C2C[C@](O)(C3=C(C)CC[C@@H]3[C@@H](C)CCO)C[C@H](C)[C@@H]2CC1. The Morgan fingerprint density at radius 1 is 1.17 bits per heavy atom. The van der Waals surface area contributed by atoms with Gasteiger partial charge in [0, 0.05) is 13.0 Å². The van der Waals surface area contributed by atoms with Gasteiger partial charge in [0.05, 0.1) is 5.60 Å². The molecule has 23 heavy (non-hydrogen) atoms. The Bertz CT molecular complexity index is 530. The summed E-state index contributed by atoms with van der Waals surface area (Å²) in [6.07, 6.45) is 7.42. The van der Waals surface area contributed by atoms with E-state index in [0.29, 0.717) is 23.7 Å². The molecule has 0 aromatic rings. The highest BCUT2D eigenvalue weighted by molar-refractivity contribution is 5.37. The highest BCUT2D eigenvalue weighted by atomic mass is 16.3. The van der Waals surface area contributed by atoms with Gasteiger partial charge < -0.3 is 10.2 Å². The Morgan fingerprint density at radius 3 is 2.57 bits per heavy atom. The zero-order chi connectivity index (χ0) is 16.8. The molecule has 0 radical (unpaired) electrons. The zero-order valence-electron chi connectivity index (χ0n) is 15.4. The van der Waals surface area contributed by atoms with E-state index in [9.17, 15) is 10.2 Å². The normalized spacial score (nSPS) is 39.1. The summed E-state index contributed by atoms with van der Waals surface area (Å²) in [6.45, 7) is 9.34. The van der Waals surface area contributed by atoms with Gasteiger partial charge in [-0.05, 0) is 81.6 Å². The number of hydrogen-bond acceptors (Lipinski definition) is 2. The molecule has 1 fully saturated rings. The molecule has 0 bridgehead atoms. The number of hydrogen-bond donors (Lipinski definition) is 2. The topological polar surface area (TPSA) is 40.5 Å². The fourth-order valence-electron chi connectivity index (χ4n) is 5.88. The second-order valence-corrected chi connectivity index (χ2v) is 8.67. The van der Waals surface area contributed by atoms with E-state index in [-0.39, 0.29) is 6.61 Å². The first-order valence-corrected chi connectivity index (χ1v) is 9.59.